The lowest BCUT2D eigenvalue weighted by Crippen LogP contribution is -2.01. The number of aryl methyl sites for hydroxylation is 2. The maximum absolute atomic E-state index is 5.97. The Hall–Kier alpha value is -1.55. The average Bonchev–Trinajstić information content (AvgIpc) is 2.23. The molecule has 0 aliphatic carbocycles. The summed E-state index contributed by atoms with van der Waals surface area (Å²) in [7, 11) is 0. The van der Waals surface area contributed by atoms with E-state index in [0.29, 0.717) is 11.5 Å². The number of nitrogens with zero attached hydrogens (tertiary/aromatic N) is 1. The molecule has 0 amide bonds. The van der Waals surface area contributed by atoms with Gasteiger partial charge < -0.3 is 11.1 Å². The van der Waals surface area contributed by atoms with Crippen molar-refractivity contribution >= 4 is 33.1 Å². The van der Waals surface area contributed by atoms with E-state index in [9.17, 15) is 0 Å². The van der Waals surface area contributed by atoms with Crippen molar-refractivity contribution in [3.63, 3.8) is 0 Å². The molecule has 88 valence electrons. The summed E-state index contributed by atoms with van der Waals surface area (Å²) in [6.45, 7) is 4.01. The topological polar surface area (TPSA) is 50.9 Å². The normalized spacial score (nSPS) is 10.3. The Morgan fingerprint density at radius 2 is 2.00 bits per heavy atom. The lowest BCUT2D eigenvalue weighted by molar-refractivity contribution is 1.27. The number of hydrogen-bond donors (Lipinski definition) is 2. The van der Waals surface area contributed by atoms with Crippen LogP contribution in [0.1, 0.15) is 11.1 Å². The third-order valence-corrected chi connectivity index (χ3v) is 2.97. The number of hydrogen-bond acceptors (Lipinski definition) is 3. The van der Waals surface area contributed by atoms with E-state index in [4.69, 9.17) is 5.73 Å². The number of pyridine rings is 1. The van der Waals surface area contributed by atoms with Crippen molar-refractivity contribution in [3.05, 3.63) is 46.1 Å². The van der Waals surface area contributed by atoms with Crippen LogP contribution in [0.15, 0.2) is 34.9 Å². The fourth-order valence-electron chi connectivity index (χ4n) is 1.61. The molecule has 3 N–H and O–H groups in total. The molecule has 0 spiro atoms. The van der Waals surface area contributed by atoms with Crippen molar-refractivity contribution in [1.29, 1.82) is 0 Å². The predicted octanol–water partition coefficient (Wildman–Crippen LogP) is 3.79. The first-order valence-corrected chi connectivity index (χ1v) is 6.11. The van der Waals surface area contributed by atoms with Crippen LogP contribution >= 0.6 is 15.9 Å². The maximum Gasteiger partial charge on any atom is 0.153 e. The Bertz CT molecular complexity index is 532. The van der Waals surface area contributed by atoms with E-state index >= 15 is 0 Å². The Morgan fingerprint density at radius 3 is 2.71 bits per heavy atom. The number of aromatic nitrogens is 1. The van der Waals surface area contributed by atoms with E-state index < -0.39 is 0 Å². The zero-order chi connectivity index (χ0) is 12.4. The smallest absolute Gasteiger partial charge is 0.153 e. The van der Waals surface area contributed by atoms with Crippen molar-refractivity contribution in [3.8, 4) is 0 Å². The molecule has 1 aromatic heterocycles. The van der Waals surface area contributed by atoms with Gasteiger partial charge in [-0.2, -0.15) is 0 Å². The van der Waals surface area contributed by atoms with Crippen molar-refractivity contribution in [2.45, 2.75) is 13.8 Å². The van der Waals surface area contributed by atoms with Crippen LogP contribution in [0.3, 0.4) is 0 Å². The molecule has 4 heteroatoms. The molecule has 0 bridgehead atoms. The fourth-order valence-corrected chi connectivity index (χ4v) is 2.22. The second-order valence-electron chi connectivity index (χ2n) is 4.03. The van der Waals surface area contributed by atoms with Gasteiger partial charge in [0.2, 0.25) is 0 Å². The van der Waals surface area contributed by atoms with Gasteiger partial charge in [0.15, 0.2) is 5.82 Å². The summed E-state index contributed by atoms with van der Waals surface area (Å²) < 4.78 is 1.03. The highest BCUT2D eigenvalue weighted by molar-refractivity contribution is 9.10. The Kier molecular flexibility index (Phi) is 3.33. The van der Waals surface area contributed by atoms with Crippen LogP contribution in [0.4, 0.5) is 17.2 Å². The number of nitrogens with one attached hydrogen (secondary N) is 1. The molecule has 17 heavy (non-hydrogen) atoms. The highest BCUT2D eigenvalue weighted by Crippen LogP contribution is 2.26. The van der Waals surface area contributed by atoms with Crippen molar-refractivity contribution in [1.82, 2.24) is 4.98 Å². The molecular formula is C13H14BrN3. The summed E-state index contributed by atoms with van der Waals surface area (Å²) in [6.07, 6.45) is 1.75. The minimum atomic E-state index is 0.685. The minimum Gasteiger partial charge on any atom is -0.396 e. The molecule has 0 atom stereocenters. The molecule has 0 fully saturated rings. The van der Waals surface area contributed by atoms with Gasteiger partial charge in [-0.1, -0.05) is 15.9 Å². The summed E-state index contributed by atoms with van der Waals surface area (Å²) in [6, 6.07) is 8.00. The number of rotatable bonds is 2. The zero-order valence-electron chi connectivity index (χ0n) is 9.79. The van der Waals surface area contributed by atoms with E-state index in [2.05, 4.69) is 32.3 Å². The zero-order valence-corrected chi connectivity index (χ0v) is 11.4. The van der Waals surface area contributed by atoms with E-state index in [-0.39, 0.29) is 0 Å². The van der Waals surface area contributed by atoms with Gasteiger partial charge in [0.1, 0.15) is 0 Å². The average molecular weight is 292 g/mol. The van der Waals surface area contributed by atoms with Gasteiger partial charge in [0, 0.05) is 16.4 Å². The van der Waals surface area contributed by atoms with Gasteiger partial charge in [-0.15, -0.1) is 0 Å². The van der Waals surface area contributed by atoms with Crippen LogP contribution in [0, 0.1) is 13.8 Å². The van der Waals surface area contributed by atoms with E-state index in [0.717, 1.165) is 15.7 Å². The maximum atomic E-state index is 5.97. The molecule has 3 nitrogen and oxygen atoms in total. The van der Waals surface area contributed by atoms with Gasteiger partial charge in [-0.25, -0.2) is 4.98 Å². The number of benzene rings is 1. The number of nitrogens with two attached hydrogens (primary N) is 1. The summed E-state index contributed by atoms with van der Waals surface area (Å²) in [4.78, 5) is 4.24. The van der Waals surface area contributed by atoms with Crippen LogP contribution in [-0.4, -0.2) is 4.98 Å². The molecule has 0 saturated carbocycles. The van der Waals surface area contributed by atoms with Gasteiger partial charge in [-0.3, -0.25) is 0 Å². The third kappa shape index (κ3) is 2.77. The van der Waals surface area contributed by atoms with Gasteiger partial charge >= 0.3 is 0 Å². The summed E-state index contributed by atoms with van der Waals surface area (Å²) in [5, 5.41) is 3.23. The van der Waals surface area contributed by atoms with Crippen molar-refractivity contribution < 1.29 is 0 Å². The van der Waals surface area contributed by atoms with Crippen LogP contribution in [0.2, 0.25) is 0 Å². The molecule has 0 unspecified atom stereocenters. The van der Waals surface area contributed by atoms with Crippen LogP contribution in [-0.2, 0) is 0 Å². The first-order valence-electron chi connectivity index (χ1n) is 5.31. The van der Waals surface area contributed by atoms with Gasteiger partial charge in [0.25, 0.3) is 0 Å². The van der Waals surface area contributed by atoms with Gasteiger partial charge in [-0.05, 0) is 49.2 Å². The fraction of sp³-hybridized carbons (Fsp3) is 0.154. The standard InChI is InChI=1S/C13H14BrN3/c1-8-5-10(14)7-11(6-8)17-13-12(15)9(2)3-4-16-13/h3-7H,15H2,1-2H3,(H,16,17). The molecule has 2 aromatic rings. The second kappa shape index (κ2) is 4.75. The first kappa shape index (κ1) is 11.9. The van der Waals surface area contributed by atoms with Crippen LogP contribution in [0.25, 0.3) is 0 Å². The monoisotopic (exact) mass is 291 g/mol. The quantitative estimate of drug-likeness (QED) is 0.885. The largest absolute Gasteiger partial charge is 0.396 e. The van der Waals surface area contributed by atoms with Crippen molar-refractivity contribution in [2.24, 2.45) is 0 Å². The highest BCUT2D eigenvalue weighted by atomic mass is 79.9. The Morgan fingerprint density at radius 1 is 1.24 bits per heavy atom. The highest BCUT2D eigenvalue weighted by Gasteiger charge is 2.04. The lowest BCUT2D eigenvalue weighted by atomic mass is 10.2. The molecule has 1 heterocycles. The SMILES string of the molecule is Cc1cc(Br)cc(Nc2nccc(C)c2N)c1. The molecule has 0 saturated heterocycles. The first-order chi connectivity index (χ1) is 8.06. The Balaban J connectivity index is 2.34. The molecule has 2 rings (SSSR count). The van der Waals surface area contributed by atoms with Gasteiger partial charge in [0.05, 0.1) is 5.69 Å². The lowest BCUT2D eigenvalue weighted by Gasteiger charge is -2.10. The predicted molar refractivity (Wildman–Crippen MR) is 75.5 cm³/mol. The molecule has 1 aromatic carbocycles. The molecular weight excluding hydrogens is 278 g/mol. The van der Waals surface area contributed by atoms with E-state index in [1.165, 1.54) is 5.56 Å². The minimum absolute atomic E-state index is 0.685. The number of nitrogen functional groups attached to an aromatic ring is 1. The summed E-state index contributed by atoms with van der Waals surface area (Å²) in [5.74, 6) is 0.697. The van der Waals surface area contributed by atoms with Crippen LogP contribution < -0.4 is 11.1 Å². The van der Waals surface area contributed by atoms with E-state index in [1.807, 2.05) is 32.0 Å². The van der Waals surface area contributed by atoms with E-state index in [1.54, 1.807) is 6.20 Å². The molecule has 0 aliphatic rings. The summed E-state index contributed by atoms with van der Waals surface area (Å²) >= 11 is 3.47. The van der Waals surface area contributed by atoms with Crippen LogP contribution in [0.5, 0.6) is 0 Å². The third-order valence-electron chi connectivity index (χ3n) is 2.51. The molecule has 0 aliphatic heterocycles. The number of anilines is 3. The Labute approximate surface area is 109 Å². The second-order valence-corrected chi connectivity index (χ2v) is 4.95. The summed E-state index contributed by atoms with van der Waals surface area (Å²) in [5.41, 5.74) is 9.83. The molecule has 0 radical (unpaired) electrons. The van der Waals surface area contributed by atoms with Crippen molar-refractivity contribution in [2.75, 3.05) is 11.1 Å². The number of halogens is 1.